The first-order valence-electron chi connectivity index (χ1n) is 9.40. The summed E-state index contributed by atoms with van der Waals surface area (Å²) in [4.78, 5) is 11.6. The monoisotopic (exact) mass is 346 g/mol. The molecule has 4 heteroatoms. The van der Waals surface area contributed by atoms with Gasteiger partial charge in [0.1, 0.15) is 0 Å². The molecule has 25 heavy (non-hydrogen) atoms. The molecular weight excluding hydrogens is 316 g/mol. The number of carbonyl (C=O) groups is 1. The maximum Gasteiger partial charge on any atom is 0.331 e. The molecule has 0 spiro atoms. The molecule has 1 aromatic rings. The Morgan fingerprint density at radius 3 is 2.88 bits per heavy atom. The van der Waals surface area contributed by atoms with Gasteiger partial charge in [0.05, 0.1) is 18.1 Å². The maximum atomic E-state index is 11.6. The van der Waals surface area contributed by atoms with Gasteiger partial charge in [-0.2, -0.15) is 0 Å². The summed E-state index contributed by atoms with van der Waals surface area (Å²) >= 11 is 0. The smallest absolute Gasteiger partial charge is 0.331 e. The molecule has 0 amide bonds. The van der Waals surface area contributed by atoms with E-state index >= 15 is 0 Å². The Labute approximate surface area is 150 Å². The number of allylic oxidation sites excluding steroid dienone is 1. The normalized spacial score (nSPS) is 35.6. The number of aliphatic carboxylic acids is 1. The molecule has 0 saturated heterocycles. The summed E-state index contributed by atoms with van der Waals surface area (Å²) in [6, 6.07) is 2.04. The quantitative estimate of drug-likeness (QED) is 0.828. The molecule has 1 N–H and O–H groups in total. The molecule has 3 rings (SSSR count). The van der Waals surface area contributed by atoms with Gasteiger partial charge >= 0.3 is 5.97 Å². The van der Waals surface area contributed by atoms with E-state index in [9.17, 15) is 9.90 Å². The summed E-state index contributed by atoms with van der Waals surface area (Å²) in [6.45, 7) is 4.74. The van der Waals surface area contributed by atoms with Crippen LogP contribution in [0.5, 0.6) is 0 Å². The van der Waals surface area contributed by atoms with Crippen molar-refractivity contribution in [2.75, 3.05) is 7.11 Å². The van der Waals surface area contributed by atoms with Crippen LogP contribution in [-0.4, -0.2) is 23.8 Å². The van der Waals surface area contributed by atoms with Gasteiger partial charge in [-0.05, 0) is 67.4 Å². The van der Waals surface area contributed by atoms with E-state index < -0.39 is 5.97 Å². The summed E-state index contributed by atoms with van der Waals surface area (Å²) in [5.41, 5.74) is 1.54. The fourth-order valence-electron chi connectivity index (χ4n) is 5.28. The van der Waals surface area contributed by atoms with Crippen LogP contribution in [0, 0.1) is 17.3 Å². The van der Waals surface area contributed by atoms with Gasteiger partial charge in [-0.25, -0.2) is 4.79 Å². The van der Waals surface area contributed by atoms with E-state index in [0.29, 0.717) is 23.8 Å². The van der Waals surface area contributed by atoms with E-state index in [-0.39, 0.29) is 11.0 Å². The van der Waals surface area contributed by atoms with Gasteiger partial charge in [0.15, 0.2) is 0 Å². The lowest BCUT2D eigenvalue weighted by atomic mass is 9.52. The fraction of sp³-hybridized carbons (Fsp3) is 0.667. The predicted octanol–water partition coefficient (Wildman–Crippen LogP) is 4.84. The number of hydrogen-bond acceptors (Lipinski definition) is 3. The summed E-state index contributed by atoms with van der Waals surface area (Å²) in [7, 11) is 1.77. The minimum atomic E-state index is -0.796. The van der Waals surface area contributed by atoms with Crippen LogP contribution < -0.4 is 0 Å². The number of ether oxygens (including phenoxy) is 1. The lowest BCUT2D eigenvalue weighted by Crippen LogP contribution is -2.54. The number of rotatable bonds is 5. The molecule has 0 bridgehead atoms. The molecule has 138 valence electrons. The van der Waals surface area contributed by atoms with E-state index in [2.05, 4.69) is 13.8 Å². The van der Waals surface area contributed by atoms with Crippen molar-refractivity contribution in [1.82, 2.24) is 0 Å². The molecule has 4 nitrogen and oxygen atoms in total. The van der Waals surface area contributed by atoms with Crippen molar-refractivity contribution in [2.24, 2.45) is 17.3 Å². The van der Waals surface area contributed by atoms with Crippen molar-refractivity contribution in [3.63, 3.8) is 0 Å². The topological polar surface area (TPSA) is 59.7 Å². The second-order valence-corrected chi connectivity index (χ2v) is 8.19. The molecule has 1 saturated carbocycles. The van der Waals surface area contributed by atoms with Crippen LogP contribution in [0.3, 0.4) is 0 Å². The van der Waals surface area contributed by atoms with E-state index in [1.807, 2.05) is 18.4 Å². The van der Waals surface area contributed by atoms with Crippen molar-refractivity contribution in [3.05, 3.63) is 35.8 Å². The Bertz CT molecular complexity index is 632. The van der Waals surface area contributed by atoms with Gasteiger partial charge in [-0.3, -0.25) is 0 Å². The minimum Gasteiger partial charge on any atom is -0.478 e. The van der Waals surface area contributed by atoms with Crippen molar-refractivity contribution in [3.8, 4) is 0 Å². The molecule has 1 fully saturated rings. The Morgan fingerprint density at radius 1 is 1.44 bits per heavy atom. The van der Waals surface area contributed by atoms with Crippen LogP contribution in [0.1, 0.15) is 57.9 Å². The van der Waals surface area contributed by atoms with Gasteiger partial charge < -0.3 is 14.3 Å². The zero-order chi connectivity index (χ0) is 18.1. The highest BCUT2D eigenvalue weighted by molar-refractivity contribution is 5.86. The van der Waals surface area contributed by atoms with Crippen molar-refractivity contribution < 1.29 is 19.1 Å². The number of fused-ring (bicyclic) bond motifs is 1. The summed E-state index contributed by atoms with van der Waals surface area (Å²) in [5.74, 6) is 0.170. The maximum absolute atomic E-state index is 11.6. The Kier molecular flexibility index (Phi) is 5.10. The molecule has 0 aliphatic heterocycles. The van der Waals surface area contributed by atoms with Crippen molar-refractivity contribution >= 4 is 5.97 Å². The molecule has 1 aromatic heterocycles. The van der Waals surface area contributed by atoms with Crippen molar-refractivity contribution in [2.45, 2.75) is 64.4 Å². The zero-order valence-corrected chi connectivity index (χ0v) is 15.6. The molecule has 2 aliphatic carbocycles. The largest absolute Gasteiger partial charge is 0.478 e. The van der Waals surface area contributed by atoms with Gasteiger partial charge in [0.2, 0.25) is 0 Å². The van der Waals surface area contributed by atoms with E-state index in [4.69, 9.17) is 9.15 Å². The summed E-state index contributed by atoms with van der Waals surface area (Å²) in [6.07, 6.45) is 11.9. The highest BCUT2D eigenvalue weighted by Gasteiger charge is 2.55. The Balaban J connectivity index is 1.89. The molecule has 0 aromatic carbocycles. The van der Waals surface area contributed by atoms with Crippen LogP contribution in [-0.2, 0) is 16.0 Å². The first-order valence-corrected chi connectivity index (χ1v) is 9.40. The third kappa shape index (κ3) is 3.29. The van der Waals surface area contributed by atoms with Gasteiger partial charge in [-0.1, -0.05) is 19.9 Å². The average molecular weight is 346 g/mol. The number of carboxylic acid groups (broad SMARTS) is 1. The zero-order valence-electron chi connectivity index (χ0n) is 15.6. The lowest BCUT2D eigenvalue weighted by molar-refractivity contribution is -0.156. The van der Waals surface area contributed by atoms with Gasteiger partial charge in [0.25, 0.3) is 0 Å². The van der Waals surface area contributed by atoms with E-state index in [1.54, 1.807) is 13.4 Å². The van der Waals surface area contributed by atoms with Crippen LogP contribution >= 0.6 is 0 Å². The molecular formula is C21H30O4. The Morgan fingerprint density at radius 2 is 2.24 bits per heavy atom. The standard InChI is InChI=1S/C21H30O4/c1-15-7-11-21(24-3)13-17(19(22)23)5-4-6-18(21)20(15,2)10-8-16-9-12-25-14-16/h5,9,12,14-15,18H,4,6-8,10-11,13H2,1-3H3,(H,22,23). The molecule has 0 radical (unpaired) electrons. The number of aryl methyl sites for hydroxylation is 1. The average Bonchev–Trinajstić information content (AvgIpc) is 3.03. The van der Waals surface area contributed by atoms with Gasteiger partial charge in [-0.15, -0.1) is 0 Å². The highest BCUT2D eigenvalue weighted by atomic mass is 16.5. The fourth-order valence-corrected chi connectivity index (χ4v) is 5.28. The number of methoxy groups -OCH3 is 1. The van der Waals surface area contributed by atoms with E-state index in [0.717, 1.165) is 38.5 Å². The van der Waals surface area contributed by atoms with Crippen LogP contribution in [0.4, 0.5) is 0 Å². The number of furan rings is 1. The predicted molar refractivity (Wildman–Crippen MR) is 96.3 cm³/mol. The number of carboxylic acids is 1. The number of hydrogen-bond donors (Lipinski definition) is 1. The first-order chi connectivity index (χ1) is 11.9. The summed E-state index contributed by atoms with van der Waals surface area (Å²) < 4.78 is 11.3. The second kappa shape index (κ2) is 6.99. The van der Waals surface area contributed by atoms with Crippen LogP contribution in [0.2, 0.25) is 0 Å². The third-order valence-electron chi connectivity index (χ3n) is 7.11. The Hall–Kier alpha value is -1.55. The SMILES string of the molecule is COC12CCC(C)C(C)(CCc3ccoc3)C1CCC=C(C(=O)O)C2. The van der Waals surface area contributed by atoms with Crippen molar-refractivity contribution in [1.29, 1.82) is 0 Å². The molecule has 2 aliphatic rings. The molecule has 4 atom stereocenters. The first kappa shape index (κ1) is 18.2. The summed E-state index contributed by atoms with van der Waals surface area (Å²) in [5, 5.41) is 9.54. The molecule has 4 unspecified atom stereocenters. The lowest BCUT2D eigenvalue weighted by Gasteiger charge is -2.56. The molecule has 1 heterocycles. The van der Waals surface area contributed by atoms with Crippen LogP contribution in [0.15, 0.2) is 34.7 Å². The third-order valence-corrected chi connectivity index (χ3v) is 7.11. The van der Waals surface area contributed by atoms with Gasteiger partial charge in [0, 0.05) is 19.1 Å². The minimum absolute atomic E-state index is 0.132. The highest BCUT2D eigenvalue weighted by Crippen LogP contribution is 2.57. The van der Waals surface area contributed by atoms with Crippen LogP contribution in [0.25, 0.3) is 0 Å². The van der Waals surface area contributed by atoms with E-state index in [1.165, 1.54) is 5.56 Å². The second-order valence-electron chi connectivity index (χ2n) is 8.19.